The zero-order valence-electron chi connectivity index (χ0n) is 7.36. The van der Waals surface area contributed by atoms with Gasteiger partial charge in [-0.2, -0.15) is 0 Å². The highest BCUT2D eigenvalue weighted by molar-refractivity contribution is 5.73. The topological polar surface area (TPSA) is 40.5 Å². The van der Waals surface area contributed by atoms with Crippen molar-refractivity contribution in [1.82, 2.24) is 4.90 Å². The first-order valence-electron chi connectivity index (χ1n) is 4.60. The minimum Gasteiger partial charge on any atom is -0.481 e. The van der Waals surface area contributed by atoms with Gasteiger partial charge >= 0.3 is 5.97 Å². The fourth-order valence-corrected chi connectivity index (χ4v) is 2.34. The number of hydrogen-bond acceptors (Lipinski definition) is 2. The Morgan fingerprint density at radius 2 is 2.33 bits per heavy atom. The van der Waals surface area contributed by atoms with E-state index in [4.69, 9.17) is 5.11 Å². The predicted octanol–water partition coefficient (Wildman–Crippen LogP) is 0.659. The molecule has 1 aliphatic heterocycles. The van der Waals surface area contributed by atoms with E-state index in [1.54, 1.807) is 0 Å². The molecule has 1 saturated carbocycles. The van der Waals surface area contributed by atoms with Crippen LogP contribution in [0, 0.1) is 17.8 Å². The monoisotopic (exact) mass is 169 g/mol. The van der Waals surface area contributed by atoms with Crippen molar-refractivity contribution < 1.29 is 9.90 Å². The van der Waals surface area contributed by atoms with Crippen LogP contribution in [-0.4, -0.2) is 36.1 Å². The number of aliphatic carboxylic acids is 1. The van der Waals surface area contributed by atoms with E-state index in [1.807, 2.05) is 0 Å². The summed E-state index contributed by atoms with van der Waals surface area (Å²) in [6.07, 6.45) is 2.12. The third kappa shape index (κ3) is 1.33. The lowest BCUT2D eigenvalue weighted by Gasteiger charge is -2.08. The number of carboxylic acid groups (broad SMARTS) is 1. The van der Waals surface area contributed by atoms with Gasteiger partial charge in [-0.15, -0.1) is 0 Å². The number of rotatable bonds is 2. The highest BCUT2D eigenvalue weighted by Crippen LogP contribution is 2.47. The SMILES string of the molecule is CN1CCC(C2CC2C(=O)O)C1. The van der Waals surface area contributed by atoms with Gasteiger partial charge in [0.1, 0.15) is 0 Å². The first-order valence-corrected chi connectivity index (χ1v) is 4.60. The maximum absolute atomic E-state index is 10.6. The van der Waals surface area contributed by atoms with Crippen LogP contribution in [0.5, 0.6) is 0 Å². The maximum atomic E-state index is 10.6. The largest absolute Gasteiger partial charge is 0.481 e. The molecule has 3 nitrogen and oxygen atoms in total. The van der Waals surface area contributed by atoms with Gasteiger partial charge in [0.25, 0.3) is 0 Å². The van der Waals surface area contributed by atoms with Gasteiger partial charge in [0.05, 0.1) is 5.92 Å². The molecule has 2 fully saturated rings. The number of nitrogens with zero attached hydrogens (tertiary/aromatic N) is 1. The molecule has 1 saturated heterocycles. The Balaban J connectivity index is 1.85. The lowest BCUT2D eigenvalue weighted by molar-refractivity contribution is -0.139. The number of carboxylic acids is 1. The Labute approximate surface area is 72.4 Å². The van der Waals surface area contributed by atoms with Crippen molar-refractivity contribution in [3.63, 3.8) is 0 Å². The molecular weight excluding hydrogens is 154 g/mol. The quantitative estimate of drug-likeness (QED) is 0.660. The number of carbonyl (C=O) groups is 1. The first kappa shape index (κ1) is 8.05. The summed E-state index contributed by atoms with van der Waals surface area (Å²) in [7, 11) is 2.11. The van der Waals surface area contributed by atoms with E-state index in [0.29, 0.717) is 11.8 Å². The molecule has 12 heavy (non-hydrogen) atoms. The minimum atomic E-state index is -0.588. The van der Waals surface area contributed by atoms with Gasteiger partial charge < -0.3 is 10.0 Å². The van der Waals surface area contributed by atoms with E-state index in [2.05, 4.69) is 11.9 Å². The van der Waals surface area contributed by atoms with Gasteiger partial charge in [0.2, 0.25) is 0 Å². The second-order valence-corrected chi connectivity index (χ2v) is 4.16. The Morgan fingerprint density at radius 3 is 2.75 bits per heavy atom. The van der Waals surface area contributed by atoms with Gasteiger partial charge in [0.15, 0.2) is 0 Å². The van der Waals surface area contributed by atoms with Crippen LogP contribution in [0.15, 0.2) is 0 Å². The minimum absolute atomic E-state index is 0.0125. The average Bonchev–Trinajstić information content (AvgIpc) is 2.70. The van der Waals surface area contributed by atoms with Gasteiger partial charge in [0, 0.05) is 6.54 Å². The standard InChI is InChI=1S/C9H15NO2/c1-10-3-2-6(5-10)7-4-8(7)9(11)12/h6-8H,2-5H2,1H3,(H,11,12). The predicted molar refractivity (Wildman–Crippen MR) is 44.8 cm³/mol. The Morgan fingerprint density at radius 1 is 1.58 bits per heavy atom. The number of hydrogen-bond donors (Lipinski definition) is 1. The maximum Gasteiger partial charge on any atom is 0.306 e. The molecular formula is C9H15NO2. The summed E-state index contributed by atoms with van der Waals surface area (Å²) in [6, 6.07) is 0. The van der Waals surface area contributed by atoms with E-state index in [-0.39, 0.29) is 5.92 Å². The summed E-state index contributed by atoms with van der Waals surface area (Å²) in [6.45, 7) is 2.25. The third-order valence-electron chi connectivity index (χ3n) is 3.19. The Bertz CT molecular complexity index is 205. The van der Waals surface area contributed by atoms with Crippen molar-refractivity contribution in [2.75, 3.05) is 20.1 Å². The van der Waals surface area contributed by atoms with Crippen LogP contribution in [0.3, 0.4) is 0 Å². The van der Waals surface area contributed by atoms with E-state index in [0.717, 1.165) is 19.5 Å². The third-order valence-corrected chi connectivity index (χ3v) is 3.19. The highest BCUT2D eigenvalue weighted by Gasteiger charge is 2.48. The summed E-state index contributed by atoms with van der Waals surface area (Å²) in [5.74, 6) is 0.555. The molecule has 0 radical (unpaired) electrons. The van der Waals surface area contributed by atoms with E-state index in [9.17, 15) is 4.79 Å². The highest BCUT2D eigenvalue weighted by atomic mass is 16.4. The molecule has 3 heteroatoms. The molecule has 3 unspecified atom stereocenters. The molecule has 0 aromatic rings. The van der Waals surface area contributed by atoms with Crippen molar-refractivity contribution in [2.45, 2.75) is 12.8 Å². The van der Waals surface area contributed by atoms with Gasteiger partial charge in [-0.3, -0.25) is 4.79 Å². The summed E-state index contributed by atoms with van der Waals surface area (Å²) in [4.78, 5) is 12.9. The van der Waals surface area contributed by atoms with Crippen molar-refractivity contribution in [3.8, 4) is 0 Å². The lowest BCUT2D eigenvalue weighted by atomic mass is 10.0. The molecule has 1 aliphatic carbocycles. The molecule has 1 heterocycles. The van der Waals surface area contributed by atoms with Crippen molar-refractivity contribution in [1.29, 1.82) is 0 Å². The second-order valence-electron chi connectivity index (χ2n) is 4.16. The van der Waals surface area contributed by atoms with E-state index < -0.39 is 5.97 Å². The van der Waals surface area contributed by atoms with Crippen LogP contribution in [0.2, 0.25) is 0 Å². The summed E-state index contributed by atoms with van der Waals surface area (Å²) in [5.41, 5.74) is 0. The fourth-order valence-electron chi connectivity index (χ4n) is 2.34. The van der Waals surface area contributed by atoms with Crippen LogP contribution in [0.4, 0.5) is 0 Å². The zero-order valence-corrected chi connectivity index (χ0v) is 7.36. The van der Waals surface area contributed by atoms with Crippen molar-refractivity contribution in [2.24, 2.45) is 17.8 Å². The van der Waals surface area contributed by atoms with Gasteiger partial charge in [-0.25, -0.2) is 0 Å². The van der Waals surface area contributed by atoms with Crippen LogP contribution in [0.1, 0.15) is 12.8 Å². The molecule has 0 bridgehead atoms. The van der Waals surface area contributed by atoms with Crippen LogP contribution in [-0.2, 0) is 4.79 Å². The molecule has 1 N–H and O–H groups in total. The lowest BCUT2D eigenvalue weighted by Crippen LogP contribution is -2.16. The van der Waals surface area contributed by atoms with Crippen molar-refractivity contribution in [3.05, 3.63) is 0 Å². The zero-order chi connectivity index (χ0) is 8.72. The molecule has 3 atom stereocenters. The summed E-state index contributed by atoms with van der Waals surface area (Å²) >= 11 is 0. The normalized spacial score (nSPS) is 41.6. The van der Waals surface area contributed by atoms with Crippen molar-refractivity contribution >= 4 is 5.97 Å². The molecule has 68 valence electrons. The average molecular weight is 169 g/mol. The molecule has 0 aromatic carbocycles. The van der Waals surface area contributed by atoms with E-state index >= 15 is 0 Å². The smallest absolute Gasteiger partial charge is 0.306 e. The molecule has 0 amide bonds. The summed E-state index contributed by atoms with van der Waals surface area (Å²) in [5, 5.41) is 8.74. The molecule has 2 aliphatic rings. The molecule has 0 spiro atoms. The van der Waals surface area contributed by atoms with Crippen LogP contribution < -0.4 is 0 Å². The van der Waals surface area contributed by atoms with Crippen LogP contribution >= 0.6 is 0 Å². The Kier molecular flexibility index (Phi) is 1.83. The van der Waals surface area contributed by atoms with Gasteiger partial charge in [-0.05, 0) is 38.3 Å². The Hall–Kier alpha value is -0.570. The molecule has 0 aromatic heterocycles. The van der Waals surface area contributed by atoms with Crippen LogP contribution in [0.25, 0.3) is 0 Å². The summed E-state index contributed by atoms with van der Waals surface area (Å²) < 4.78 is 0. The number of likely N-dealkylation sites (tertiary alicyclic amines) is 1. The van der Waals surface area contributed by atoms with E-state index in [1.165, 1.54) is 6.42 Å². The molecule has 2 rings (SSSR count). The first-order chi connectivity index (χ1) is 5.68. The fraction of sp³-hybridized carbons (Fsp3) is 0.889. The van der Waals surface area contributed by atoms with Gasteiger partial charge in [-0.1, -0.05) is 0 Å². The second kappa shape index (κ2) is 2.73.